The van der Waals surface area contributed by atoms with Crippen LogP contribution in [0.3, 0.4) is 0 Å². The van der Waals surface area contributed by atoms with Gasteiger partial charge in [0, 0.05) is 0 Å². The van der Waals surface area contributed by atoms with Crippen LogP contribution in [0.2, 0.25) is 0 Å². The number of hydrogen-bond acceptors (Lipinski definition) is 2. The molecule has 0 aliphatic carbocycles. The van der Waals surface area contributed by atoms with Gasteiger partial charge in [-0.1, -0.05) is 0 Å². The summed E-state index contributed by atoms with van der Waals surface area (Å²) in [5.41, 5.74) is 0. The second-order valence-electron chi connectivity index (χ2n) is 5.07. The number of para-hydroxylation sites is 2. The van der Waals surface area contributed by atoms with Crippen molar-refractivity contribution in [1.82, 2.24) is 0 Å². The molecule has 0 aromatic heterocycles. The van der Waals surface area contributed by atoms with E-state index in [4.69, 9.17) is 9.47 Å². The first-order valence-electron chi connectivity index (χ1n) is 7.17. The predicted octanol–water partition coefficient (Wildman–Crippen LogP) is 2.32. The molecule has 0 bridgehead atoms. The molecule has 1 aliphatic heterocycles. The van der Waals surface area contributed by atoms with Crippen LogP contribution in [-0.2, 0) is 0 Å². The monoisotopic (exact) mass is 350 g/mol. The van der Waals surface area contributed by atoms with Crippen molar-refractivity contribution in [2.75, 3.05) is 7.11 Å². The van der Waals surface area contributed by atoms with E-state index in [1.807, 2.05) is 24.3 Å². The zero-order valence-corrected chi connectivity index (χ0v) is 14.1. The van der Waals surface area contributed by atoms with Gasteiger partial charge < -0.3 is 0 Å². The standard InChI is InChI=1S/C19H15AsO2/c1-21-15-12-10-14(11-13-15)20-16-6-2-4-8-18(16)22-19-9-5-3-7-17(19)20/h2-13H,1H3. The molecule has 0 unspecified atom stereocenters. The maximum absolute atomic E-state index is 6.09. The number of methoxy groups -OCH3 is 1. The quantitative estimate of drug-likeness (QED) is 0.517. The summed E-state index contributed by atoms with van der Waals surface area (Å²) in [4.78, 5) is 0. The van der Waals surface area contributed by atoms with Crippen molar-refractivity contribution in [2.24, 2.45) is 0 Å². The zero-order valence-electron chi connectivity index (χ0n) is 12.2. The van der Waals surface area contributed by atoms with Crippen molar-refractivity contribution in [3.8, 4) is 17.2 Å². The fraction of sp³-hybridized carbons (Fsp3) is 0.0526. The SMILES string of the molecule is COc1ccc([As]2c3ccccc3Oc3ccccc32)cc1. The number of hydrogen-bond donors (Lipinski definition) is 0. The van der Waals surface area contributed by atoms with Crippen LogP contribution < -0.4 is 22.5 Å². The molecule has 0 fully saturated rings. The summed E-state index contributed by atoms with van der Waals surface area (Å²) in [7, 11) is 1.70. The number of rotatable bonds is 2. The summed E-state index contributed by atoms with van der Waals surface area (Å²) in [6.45, 7) is 0. The van der Waals surface area contributed by atoms with Gasteiger partial charge in [0.2, 0.25) is 0 Å². The fourth-order valence-corrected chi connectivity index (χ4v) is 7.78. The average molecular weight is 350 g/mol. The molecule has 0 atom stereocenters. The molecule has 3 heteroatoms. The summed E-state index contributed by atoms with van der Waals surface area (Å²) < 4.78 is 15.5. The molecule has 3 aromatic rings. The summed E-state index contributed by atoms with van der Waals surface area (Å²) in [5.74, 6) is 2.89. The van der Waals surface area contributed by atoms with Gasteiger partial charge in [-0.3, -0.25) is 0 Å². The van der Waals surface area contributed by atoms with Crippen molar-refractivity contribution in [2.45, 2.75) is 0 Å². The van der Waals surface area contributed by atoms with E-state index in [-0.39, 0.29) is 0 Å². The molecule has 3 aromatic carbocycles. The van der Waals surface area contributed by atoms with Gasteiger partial charge in [-0.15, -0.1) is 0 Å². The summed E-state index contributed by atoms with van der Waals surface area (Å²) in [5, 5.41) is 0. The van der Waals surface area contributed by atoms with Crippen molar-refractivity contribution >= 4 is 27.7 Å². The third-order valence-electron chi connectivity index (χ3n) is 3.76. The van der Waals surface area contributed by atoms with E-state index in [1.165, 1.54) is 13.1 Å². The van der Waals surface area contributed by atoms with Gasteiger partial charge in [-0.25, -0.2) is 0 Å². The Morgan fingerprint density at radius 1 is 0.727 bits per heavy atom. The first kappa shape index (κ1) is 13.5. The Kier molecular flexibility index (Phi) is 3.40. The Morgan fingerprint density at radius 2 is 1.27 bits per heavy atom. The fourth-order valence-electron chi connectivity index (χ4n) is 2.71. The molecule has 1 heterocycles. The molecular weight excluding hydrogens is 335 g/mol. The molecule has 2 nitrogen and oxygen atoms in total. The molecule has 0 spiro atoms. The van der Waals surface area contributed by atoms with Gasteiger partial charge in [0.15, 0.2) is 0 Å². The van der Waals surface area contributed by atoms with Crippen molar-refractivity contribution in [3.05, 3.63) is 72.8 Å². The van der Waals surface area contributed by atoms with Crippen molar-refractivity contribution < 1.29 is 9.47 Å². The first-order valence-corrected chi connectivity index (χ1v) is 9.98. The molecule has 0 saturated heterocycles. The van der Waals surface area contributed by atoms with Crippen LogP contribution in [0.25, 0.3) is 0 Å². The summed E-state index contributed by atoms with van der Waals surface area (Å²) in [6, 6.07) is 25.3. The second kappa shape index (κ2) is 5.55. The Bertz CT molecular complexity index is 766. The number of benzene rings is 3. The van der Waals surface area contributed by atoms with E-state index in [1.54, 1.807) is 7.11 Å². The first-order chi connectivity index (χ1) is 10.9. The van der Waals surface area contributed by atoms with Crippen LogP contribution in [0.1, 0.15) is 0 Å². The number of fused-ring (bicyclic) bond motifs is 2. The van der Waals surface area contributed by atoms with Gasteiger partial charge in [-0.05, 0) is 0 Å². The Labute approximate surface area is 134 Å². The zero-order chi connectivity index (χ0) is 14.9. The summed E-state index contributed by atoms with van der Waals surface area (Å²) >= 11 is -1.58. The minimum atomic E-state index is -1.58. The van der Waals surface area contributed by atoms with E-state index in [2.05, 4.69) is 48.5 Å². The third kappa shape index (κ3) is 2.20. The van der Waals surface area contributed by atoms with Crippen LogP contribution in [0.5, 0.6) is 17.2 Å². The van der Waals surface area contributed by atoms with Gasteiger partial charge >= 0.3 is 134 Å². The van der Waals surface area contributed by atoms with Gasteiger partial charge in [0.1, 0.15) is 0 Å². The molecule has 0 saturated carbocycles. The van der Waals surface area contributed by atoms with Gasteiger partial charge in [0.05, 0.1) is 0 Å². The van der Waals surface area contributed by atoms with Gasteiger partial charge in [-0.2, -0.15) is 0 Å². The van der Waals surface area contributed by atoms with E-state index >= 15 is 0 Å². The Morgan fingerprint density at radius 3 is 1.82 bits per heavy atom. The minimum absolute atomic E-state index is 0.896. The van der Waals surface area contributed by atoms with E-state index in [9.17, 15) is 0 Å². The van der Waals surface area contributed by atoms with Crippen molar-refractivity contribution in [1.29, 1.82) is 0 Å². The third-order valence-corrected chi connectivity index (χ3v) is 9.04. The second-order valence-corrected chi connectivity index (χ2v) is 9.58. The van der Waals surface area contributed by atoms with E-state index < -0.39 is 14.7 Å². The van der Waals surface area contributed by atoms with Crippen LogP contribution >= 0.6 is 0 Å². The molecule has 0 radical (unpaired) electrons. The van der Waals surface area contributed by atoms with Crippen molar-refractivity contribution in [3.63, 3.8) is 0 Å². The molecule has 22 heavy (non-hydrogen) atoms. The molecule has 4 rings (SSSR count). The molecule has 108 valence electrons. The van der Waals surface area contributed by atoms with Gasteiger partial charge in [0.25, 0.3) is 0 Å². The molecule has 0 N–H and O–H groups in total. The predicted molar refractivity (Wildman–Crippen MR) is 90.6 cm³/mol. The summed E-state index contributed by atoms with van der Waals surface area (Å²) in [6.07, 6.45) is 0. The van der Waals surface area contributed by atoms with Crippen LogP contribution in [-0.4, -0.2) is 21.8 Å². The maximum atomic E-state index is 6.09. The van der Waals surface area contributed by atoms with E-state index in [0.29, 0.717) is 0 Å². The van der Waals surface area contributed by atoms with Crippen LogP contribution in [0.4, 0.5) is 0 Å². The molecule has 1 aliphatic rings. The van der Waals surface area contributed by atoms with E-state index in [0.717, 1.165) is 17.2 Å². The van der Waals surface area contributed by atoms with Crippen LogP contribution in [0.15, 0.2) is 72.8 Å². The molecular formula is C19H15AsO2. The number of ether oxygens (including phenoxy) is 2. The van der Waals surface area contributed by atoms with Crippen LogP contribution in [0, 0.1) is 0 Å². The molecule has 0 amide bonds. The average Bonchev–Trinajstić information content (AvgIpc) is 2.60. The topological polar surface area (TPSA) is 18.5 Å². The Hall–Kier alpha value is -2.18. The normalized spacial score (nSPS) is 13.0. The Balaban J connectivity index is 1.90.